The molecule has 1 amide bonds. The van der Waals surface area contributed by atoms with Crippen molar-refractivity contribution in [1.82, 2.24) is 24.1 Å². The fraction of sp³-hybridized carbons (Fsp3) is 0.500. The van der Waals surface area contributed by atoms with Gasteiger partial charge in [0.25, 0.3) is 5.56 Å². The fourth-order valence-electron chi connectivity index (χ4n) is 3.53. The van der Waals surface area contributed by atoms with E-state index < -0.39 is 0 Å². The molecule has 0 saturated carbocycles. The summed E-state index contributed by atoms with van der Waals surface area (Å²) in [6.07, 6.45) is 3.64. The number of fused-ring (bicyclic) bond motifs is 3. The first-order valence-corrected chi connectivity index (χ1v) is 12.2. The molecule has 0 aliphatic heterocycles. The van der Waals surface area contributed by atoms with Gasteiger partial charge in [-0.3, -0.25) is 18.6 Å². The first kappa shape index (κ1) is 24.0. The Labute approximate surface area is 193 Å². The third-order valence-corrected chi connectivity index (χ3v) is 6.33. The first-order chi connectivity index (χ1) is 15.3. The van der Waals surface area contributed by atoms with Gasteiger partial charge in [-0.2, -0.15) is 0 Å². The predicted octanol–water partition coefficient (Wildman–Crippen LogP) is 4.24. The molecule has 3 rings (SSSR count). The summed E-state index contributed by atoms with van der Waals surface area (Å²) in [5.41, 5.74) is 0.616. The van der Waals surface area contributed by atoms with Crippen LogP contribution in [0.25, 0.3) is 16.7 Å². The molecular formula is C24H33N5O2S. The van der Waals surface area contributed by atoms with Crippen molar-refractivity contribution in [3.8, 4) is 0 Å². The van der Waals surface area contributed by atoms with Gasteiger partial charge >= 0.3 is 0 Å². The minimum absolute atomic E-state index is 0.108. The van der Waals surface area contributed by atoms with Gasteiger partial charge in [0, 0.05) is 19.6 Å². The number of allylic oxidation sites excluding steroid dienone is 1. The number of hydrogen-bond acceptors (Lipinski definition) is 5. The lowest BCUT2D eigenvalue weighted by molar-refractivity contribution is -0.128. The van der Waals surface area contributed by atoms with E-state index in [9.17, 15) is 9.59 Å². The van der Waals surface area contributed by atoms with Crippen LogP contribution in [0.5, 0.6) is 0 Å². The number of nitrogens with zero attached hydrogens (tertiary/aromatic N) is 5. The predicted molar refractivity (Wildman–Crippen MR) is 131 cm³/mol. The Balaban J connectivity index is 1.89. The number of para-hydroxylation sites is 1. The second-order valence-corrected chi connectivity index (χ2v) is 9.82. The van der Waals surface area contributed by atoms with Gasteiger partial charge in [0.05, 0.1) is 16.7 Å². The summed E-state index contributed by atoms with van der Waals surface area (Å²) in [4.78, 5) is 28.0. The van der Waals surface area contributed by atoms with E-state index in [1.165, 1.54) is 11.8 Å². The highest BCUT2D eigenvalue weighted by Crippen LogP contribution is 2.22. The van der Waals surface area contributed by atoms with Gasteiger partial charge in [-0.25, -0.2) is 0 Å². The van der Waals surface area contributed by atoms with Crippen LogP contribution in [0.4, 0.5) is 0 Å². The van der Waals surface area contributed by atoms with Gasteiger partial charge in [0.2, 0.25) is 11.7 Å². The number of amides is 1. The van der Waals surface area contributed by atoms with E-state index in [2.05, 4.69) is 44.5 Å². The van der Waals surface area contributed by atoms with Gasteiger partial charge in [-0.05, 0) is 36.8 Å². The molecular weight excluding hydrogens is 422 g/mol. The average Bonchev–Trinajstić information content (AvgIpc) is 3.18. The zero-order valence-electron chi connectivity index (χ0n) is 19.5. The smallest absolute Gasteiger partial charge is 0.263 e. The number of rotatable bonds is 11. The molecule has 0 aliphatic carbocycles. The Morgan fingerprint density at radius 2 is 1.78 bits per heavy atom. The van der Waals surface area contributed by atoms with Crippen molar-refractivity contribution in [3.05, 3.63) is 47.3 Å². The van der Waals surface area contributed by atoms with Gasteiger partial charge in [-0.15, -0.1) is 16.8 Å². The molecule has 2 aromatic heterocycles. The van der Waals surface area contributed by atoms with E-state index in [4.69, 9.17) is 0 Å². The molecule has 0 aliphatic rings. The van der Waals surface area contributed by atoms with Crippen molar-refractivity contribution in [2.45, 2.75) is 52.2 Å². The average molecular weight is 456 g/mol. The number of aromatic nitrogens is 4. The van der Waals surface area contributed by atoms with E-state index in [1.54, 1.807) is 16.7 Å². The standard InChI is InChI=1S/C24H33N5O2S/c1-6-13-28-22(31)19-9-7-8-10-20(19)29-23(28)25-26-24(29)32-16-21(30)27(14-11-17(2)3)15-12-18(4)5/h6-10,17-18H,1,11-16H2,2-5H3. The maximum atomic E-state index is 13.1. The molecule has 2 heterocycles. The van der Waals surface area contributed by atoms with E-state index in [-0.39, 0.29) is 17.2 Å². The largest absolute Gasteiger partial charge is 0.342 e. The van der Waals surface area contributed by atoms with Crippen molar-refractivity contribution in [1.29, 1.82) is 0 Å². The van der Waals surface area contributed by atoms with Crippen molar-refractivity contribution in [2.24, 2.45) is 11.8 Å². The molecule has 0 atom stereocenters. The highest BCUT2D eigenvalue weighted by molar-refractivity contribution is 7.99. The normalized spacial score (nSPS) is 11.7. The molecule has 172 valence electrons. The Hall–Kier alpha value is -2.61. The molecule has 1 aromatic carbocycles. The third kappa shape index (κ3) is 5.41. The van der Waals surface area contributed by atoms with E-state index in [1.807, 2.05) is 27.5 Å². The number of hydrogen-bond donors (Lipinski definition) is 0. The van der Waals surface area contributed by atoms with Gasteiger partial charge < -0.3 is 4.90 Å². The molecule has 0 saturated heterocycles. The van der Waals surface area contributed by atoms with E-state index in [0.29, 0.717) is 34.7 Å². The number of thioether (sulfide) groups is 1. The minimum Gasteiger partial charge on any atom is -0.342 e. The van der Waals surface area contributed by atoms with E-state index in [0.717, 1.165) is 31.4 Å². The van der Waals surface area contributed by atoms with Crippen LogP contribution in [-0.2, 0) is 11.3 Å². The second-order valence-electron chi connectivity index (χ2n) is 8.87. The second kappa shape index (κ2) is 10.8. The van der Waals surface area contributed by atoms with Crippen LogP contribution in [0.3, 0.4) is 0 Å². The number of benzene rings is 1. The molecule has 32 heavy (non-hydrogen) atoms. The van der Waals surface area contributed by atoms with Crippen LogP contribution in [0, 0.1) is 11.8 Å². The Morgan fingerprint density at radius 3 is 2.41 bits per heavy atom. The van der Waals surface area contributed by atoms with Crippen molar-refractivity contribution < 1.29 is 4.79 Å². The maximum absolute atomic E-state index is 13.1. The lowest BCUT2D eigenvalue weighted by Gasteiger charge is -2.24. The summed E-state index contributed by atoms with van der Waals surface area (Å²) < 4.78 is 3.43. The molecule has 0 radical (unpaired) electrons. The van der Waals surface area contributed by atoms with Gasteiger partial charge in [0.15, 0.2) is 5.16 Å². The Morgan fingerprint density at radius 1 is 1.12 bits per heavy atom. The van der Waals surface area contributed by atoms with Crippen LogP contribution in [0.15, 0.2) is 46.9 Å². The zero-order valence-corrected chi connectivity index (χ0v) is 20.3. The molecule has 0 N–H and O–H groups in total. The van der Waals surface area contributed by atoms with Crippen LogP contribution in [0.2, 0.25) is 0 Å². The summed E-state index contributed by atoms with van der Waals surface area (Å²) in [6, 6.07) is 7.42. The van der Waals surface area contributed by atoms with E-state index >= 15 is 0 Å². The summed E-state index contributed by atoms with van der Waals surface area (Å²) in [5.74, 6) is 1.94. The molecule has 3 aromatic rings. The zero-order chi connectivity index (χ0) is 23.3. The quantitative estimate of drug-likeness (QED) is 0.319. The summed E-state index contributed by atoms with van der Waals surface area (Å²) in [7, 11) is 0. The molecule has 0 unspecified atom stereocenters. The lowest BCUT2D eigenvalue weighted by atomic mass is 10.1. The Kier molecular flexibility index (Phi) is 8.12. The molecule has 0 fully saturated rings. The molecule has 0 bridgehead atoms. The SMILES string of the molecule is C=CCn1c(=O)c2ccccc2n2c(SCC(=O)N(CCC(C)C)CCC(C)C)nnc12. The maximum Gasteiger partial charge on any atom is 0.263 e. The first-order valence-electron chi connectivity index (χ1n) is 11.2. The van der Waals surface area contributed by atoms with Crippen molar-refractivity contribution in [3.63, 3.8) is 0 Å². The van der Waals surface area contributed by atoms with Crippen LogP contribution in [0.1, 0.15) is 40.5 Å². The fourth-order valence-corrected chi connectivity index (χ4v) is 4.37. The van der Waals surface area contributed by atoms with Gasteiger partial charge in [0.1, 0.15) is 0 Å². The van der Waals surface area contributed by atoms with Crippen molar-refractivity contribution >= 4 is 34.3 Å². The summed E-state index contributed by atoms with van der Waals surface area (Å²) in [5, 5.41) is 9.79. The monoisotopic (exact) mass is 455 g/mol. The van der Waals surface area contributed by atoms with Gasteiger partial charge in [-0.1, -0.05) is 57.7 Å². The lowest BCUT2D eigenvalue weighted by Crippen LogP contribution is -2.35. The highest BCUT2D eigenvalue weighted by Gasteiger charge is 2.19. The Bertz CT molecular complexity index is 1140. The highest BCUT2D eigenvalue weighted by atomic mass is 32.2. The topological polar surface area (TPSA) is 72.5 Å². The molecule has 7 nitrogen and oxygen atoms in total. The summed E-state index contributed by atoms with van der Waals surface area (Å²) >= 11 is 1.37. The molecule has 0 spiro atoms. The van der Waals surface area contributed by atoms with Crippen LogP contribution in [-0.4, -0.2) is 48.8 Å². The number of carbonyl (C=O) groups is 1. The third-order valence-electron chi connectivity index (χ3n) is 5.42. The van der Waals surface area contributed by atoms with Crippen molar-refractivity contribution in [2.75, 3.05) is 18.8 Å². The van der Waals surface area contributed by atoms with Crippen LogP contribution < -0.4 is 5.56 Å². The minimum atomic E-state index is -0.124. The summed E-state index contributed by atoms with van der Waals surface area (Å²) in [6.45, 7) is 14.3. The number of carbonyl (C=O) groups excluding carboxylic acids is 1. The van der Waals surface area contributed by atoms with Crippen LogP contribution >= 0.6 is 11.8 Å². The molecule has 8 heteroatoms.